The molecule has 2 aromatic rings. The van der Waals surface area contributed by atoms with Gasteiger partial charge in [0.1, 0.15) is 12.4 Å². The standard InChI is InChI=1S/C18H20N2O2S/c1-13-5-2-3-6-14(13)10-22-16-8-4-7-15(9-16)20-18(21)17-11-23-12-19-17/h2-9,17,19H,10-12H2,1H3,(H,20,21). The van der Waals surface area contributed by atoms with Crippen molar-refractivity contribution in [1.82, 2.24) is 5.32 Å². The number of anilines is 1. The van der Waals surface area contributed by atoms with Crippen LogP contribution in [-0.2, 0) is 11.4 Å². The molecule has 1 aliphatic rings. The van der Waals surface area contributed by atoms with Crippen LogP contribution in [0.4, 0.5) is 5.69 Å². The zero-order chi connectivity index (χ0) is 16.1. The van der Waals surface area contributed by atoms with Crippen molar-refractivity contribution >= 4 is 23.4 Å². The maximum absolute atomic E-state index is 12.1. The molecule has 120 valence electrons. The van der Waals surface area contributed by atoms with Crippen molar-refractivity contribution in [1.29, 1.82) is 0 Å². The molecular weight excluding hydrogens is 308 g/mol. The molecule has 1 fully saturated rings. The predicted octanol–water partition coefficient (Wildman–Crippen LogP) is 3.18. The molecule has 23 heavy (non-hydrogen) atoms. The molecule has 0 spiro atoms. The summed E-state index contributed by atoms with van der Waals surface area (Å²) in [7, 11) is 0. The van der Waals surface area contributed by atoms with Crippen LogP contribution in [0.25, 0.3) is 0 Å². The molecular formula is C18H20N2O2S. The van der Waals surface area contributed by atoms with Crippen molar-refractivity contribution in [2.24, 2.45) is 0 Å². The number of hydrogen-bond donors (Lipinski definition) is 2. The lowest BCUT2D eigenvalue weighted by Crippen LogP contribution is -2.37. The van der Waals surface area contributed by atoms with Gasteiger partial charge in [-0.3, -0.25) is 10.1 Å². The number of nitrogens with one attached hydrogen (secondary N) is 2. The molecule has 1 heterocycles. The molecule has 4 nitrogen and oxygen atoms in total. The number of benzene rings is 2. The van der Waals surface area contributed by atoms with Gasteiger partial charge in [-0.15, -0.1) is 11.8 Å². The average molecular weight is 328 g/mol. The topological polar surface area (TPSA) is 50.4 Å². The Hall–Kier alpha value is -1.98. The number of rotatable bonds is 5. The first-order chi connectivity index (χ1) is 11.2. The third-order valence-corrected chi connectivity index (χ3v) is 4.73. The minimum Gasteiger partial charge on any atom is -0.489 e. The summed E-state index contributed by atoms with van der Waals surface area (Å²) in [6, 6.07) is 15.6. The molecule has 3 rings (SSSR count). The van der Waals surface area contributed by atoms with Gasteiger partial charge in [0.05, 0.1) is 6.04 Å². The van der Waals surface area contributed by atoms with E-state index in [0.29, 0.717) is 6.61 Å². The van der Waals surface area contributed by atoms with Crippen LogP contribution in [0.2, 0.25) is 0 Å². The second-order valence-electron chi connectivity index (χ2n) is 5.50. The van der Waals surface area contributed by atoms with Gasteiger partial charge >= 0.3 is 0 Å². The number of amides is 1. The van der Waals surface area contributed by atoms with Crippen LogP contribution in [0.5, 0.6) is 5.75 Å². The maximum atomic E-state index is 12.1. The number of carbonyl (C=O) groups is 1. The minimum atomic E-state index is -0.114. The Kier molecular flexibility index (Phi) is 5.20. The van der Waals surface area contributed by atoms with Gasteiger partial charge < -0.3 is 10.1 Å². The van der Waals surface area contributed by atoms with Gasteiger partial charge in [-0.05, 0) is 30.2 Å². The van der Waals surface area contributed by atoms with Crippen LogP contribution in [0.3, 0.4) is 0 Å². The van der Waals surface area contributed by atoms with E-state index in [9.17, 15) is 4.79 Å². The summed E-state index contributed by atoms with van der Waals surface area (Å²) in [5, 5.41) is 6.10. The molecule has 1 saturated heterocycles. The van der Waals surface area contributed by atoms with Gasteiger partial charge in [-0.25, -0.2) is 0 Å². The molecule has 0 aromatic heterocycles. The van der Waals surface area contributed by atoms with E-state index in [2.05, 4.69) is 29.7 Å². The van der Waals surface area contributed by atoms with E-state index in [4.69, 9.17) is 4.74 Å². The lowest BCUT2D eigenvalue weighted by molar-refractivity contribution is -0.117. The van der Waals surface area contributed by atoms with Crippen LogP contribution in [0.15, 0.2) is 48.5 Å². The Morgan fingerprint density at radius 3 is 2.96 bits per heavy atom. The molecule has 0 bridgehead atoms. The summed E-state index contributed by atoms with van der Waals surface area (Å²) in [6.07, 6.45) is 0. The lowest BCUT2D eigenvalue weighted by Gasteiger charge is -2.12. The molecule has 0 saturated carbocycles. The Balaban J connectivity index is 1.61. The minimum absolute atomic E-state index is 0.00561. The summed E-state index contributed by atoms with van der Waals surface area (Å²) in [6.45, 7) is 2.59. The lowest BCUT2D eigenvalue weighted by atomic mass is 10.1. The zero-order valence-corrected chi connectivity index (χ0v) is 13.9. The van der Waals surface area contributed by atoms with E-state index in [1.54, 1.807) is 11.8 Å². The summed E-state index contributed by atoms with van der Waals surface area (Å²) in [4.78, 5) is 12.1. The van der Waals surface area contributed by atoms with E-state index >= 15 is 0 Å². The molecule has 1 aliphatic heterocycles. The molecule has 2 aromatic carbocycles. The fourth-order valence-corrected chi connectivity index (χ4v) is 3.33. The van der Waals surface area contributed by atoms with Crippen LogP contribution in [0.1, 0.15) is 11.1 Å². The summed E-state index contributed by atoms with van der Waals surface area (Å²) < 4.78 is 5.85. The predicted molar refractivity (Wildman–Crippen MR) is 94.8 cm³/mol. The van der Waals surface area contributed by atoms with E-state index in [1.807, 2.05) is 36.4 Å². The van der Waals surface area contributed by atoms with Gasteiger partial charge in [0.25, 0.3) is 0 Å². The summed E-state index contributed by atoms with van der Waals surface area (Å²) in [5.74, 6) is 2.40. The van der Waals surface area contributed by atoms with Gasteiger partial charge in [-0.1, -0.05) is 30.3 Å². The van der Waals surface area contributed by atoms with Crippen LogP contribution < -0.4 is 15.4 Å². The van der Waals surface area contributed by atoms with E-state index < -0.39 is 0 Å². The second kappa shape index (κ2) is 7.53. The quantitative estimate of drug-likeness (QED) is 0.885. The average Bonchev–Trinajstić information content (AvgIpc) is 3.09. The zero-order valence-electron chi connectivity index (χ0n) is 13.0. The van der Waals surface area contributed by atoms with Crippen molar-refractivity contribution in [2.75, 3.05) is 16.9 Å². The molecule has 1 atom stereocenters. The van der Waals surface area contributed by atoms with Crippen LogP contribution in [-0.4, -0.2) is 23.6 Å². The number of thioether (sulfide) groups is 1. The molecule has 5 heteroatoms. The van der Waals surface area contributed by atoms with Gasteiger partial charge in [0.2, 0.25) is 5.91 Å². The number of aryl methyl sites for hydroxylation is 1. The van der Waals surface area contributed by atoms with Crippen molar-refractivity contribution in [3.05, 3.63) is 59.7 Å². The molecule has 0 radical (unpaired) electrons. The molecule has 1 unspecified atom stereocenters. The highest BCUT2D eigenvalue weighted by Crippen LogP contribution is 2.20. The largest absolute Gasteiger partial charge is 0.489 e. The van der Waals surface area contributed by atoms with E-state index in [0.717, 1.165) is 28.6 Å². The Morgan fingerprint density at radius 1 is 1.30 bits per heavy atom. The normalized spacial score (nSPS) is 17.0. The van der Waals surface area contributed by atoms with Crippen molar-refractivity contribution in [3.63, 3.8) is 0 Å². The van der Waals surface area contributed by atoms with Crippen LogP contribution >= 0.6 is 11.8 Å². The number of hydrogen-bond acceptors (Lipinski definition) is 4. The number of ether oxygens (including phenoxy) is 1. The highest BCUT2D eigenvalue weighted by molar-refractivity contribution is 7.99. The second-order valence-corrected chi connectivity index (χ2v) is 6.53. The Labute approximate surface area is 140 Å². The summed E-state index contributed by atoms with van der Waals surface area (Å²) in [5.41, 5.74) is 3.13. The monoisotopic (exact) mass is 328 g/mol. The smallest absolute Gasteiger partial charge is 0.242 e. The van der Waals surface area contributed by atoms with Crippen molar-refractivity contribution < 1.29 is 9.53 Å². The van der Waals surface area contributed by atoms with Crippen molar-refractivity contribution in [3.8, 4) is 5.75 Å². The fourth-order valence-electron chi connectivity index (χ4n) is 2.39. The maximum Gasteiger partial charge on any atom is 0.242 e. The third kappa shape index (κ3) is 4.27. The van der Waals surface area contributed by atoms with Gasteiger partial charge in [0.15, 0.2) is 0 Å². The number of carbonyl (C=O) groups excluding carboxylic acids is 1. The summed E-state index contributed by atoms with van der Waals surface area (Å²) >= 11 is 1.73. The molecule has 0 aliphatic carbocycles. The van der Waals surface area contributed by atoms with Crippen LogP contribution in [0, 0.1) is 6.92 Å². The first-order valence-corrected chi connectivity index (χ1v) is 8.77. The Morgan fingerprint density at radius 2 is 2.17 bits per heavy atom. The van der Waals surface area contributed by atoms with Gasteiger partial charge in [0, 0.05) is 23.4 Å². The first kappa shape index (κ1) is 15.9. The van der Waals surface area contributed by atoms with E-state index in [-0.39, 0.29) is 11.9 Å². The first-order valence-electron chi connectivity index (χ1n) is 7.62. The van der Waals surface area contributed by atoms with E-state index in [1.165, 1.54) is 5.56 Å². The Bertz CT molecular complexity index is 684. The van der Waals surface area contributed by atoms with Gasteiger partial charge in [-0.2, -0.15) is 0 Å². The molecule has 2 N–H and O–H groups in total. The fraction of sp³-hybridized carbons (Fsp3) is 0.278. The highest BCUT2D eigenvalue weighted by Gasteiger charge is 2.22. The SMILES string of the molecule is Cc1ccccc1COc1cccc(NC(=O)C2CSCN2)c1. The van der Waals surface area contributed by atoms with Crippen molar-refractivity contribution in [2.45, 2.75) is 19.6 Å². The highest BCUT2D eigenvalue weighted by atomic mass is 32.2. The third-order valence-electron chi connectivity index (χ3n) is 3.79. The molecule has 1 amide bonds.